The number of phenols is 1. The molecule has 0 amide bonds. The van der Waals surface area contributed by atoms with E-state index in [0.29, 0.717) is 5.52 Å². The fourth-order valence-corrected chi connectivity index (χ4v) is 3.72. The summed E-state index contributed by atoms with van der Waals surface area (Å²) in [4.78, 5) is 16.4. The van der Waals surface area contributed by atoms with Crippen molar-refractivity contribution in [3.8, 4) is 17.1 Å². The minimum absolute atomic E-state index is 0.227. The van der Waals surface area contributed by atoms with E-state index in [0.717, 1.165) is 54.2 Å². The Morgan fingerprint density at radius 2 is 1.82 bits per heavy atom. The predicted octanol–water partition coefficient (Wildman–Crippen LogP) is 3.96. The van der Waals surface area contributed by atoms with Gasteiger partial charge < -0.3 is 5.11 Å². The molecule has 3 heterocycles. The maximum atomic E-state index is 10.1. The van der Waals surface area contributed by atoms with Crippen LogP contribution in [0, 0.1) is 0 Å². The zero-order valence-electron chi connectivity index (χ0n) is 15.4. The molecule has 0 atom stereocenters. The molecular formula is C23H20N4O. The number of rotatable bonds is 3. The maximum Gasteiger partial charge on any atom is 0.159 e. The van der Waals surface area contributed by atoms with Crippen LogP contribution < -0.4 is 0 Å². The molecule has 0 bridgehead atoms. The third kappa shape index (κ3) is 3.21. The van der Waals surface area contributed by atoms with Crippen molar-refractivity contribution in [2.24, 2.45) is 0 Å². The Hall–Kier alpha value is -3.31. The lowest BCUT2D eigenvalue weighted by molar-refractivity contribution is 0.240. The van der Waals surface area contributed by atoms with Crippen LogP contribution in [0.15, 0.2) is 66.9 Å². The molecule has 0 saturated carbocycles. The second kappa shape index (κ2) is 7.02. The minimum atomic E-state index is 0.227. The van der Waals surface area contributed by atoms with Crippen molar-refractivity contribution in [1.29, 1.82) is 0 Å². The van der Waals surface area contributed by atoms with E-state index in [1.54, 1.807) is 6.07 Å². The first-order chi connectivity index (χ1) is 13.8. The summed E-state index contributed by atoms with van der Waals surface area (Å²) >= 11 is 0. The van der Waals surface area contributed by atoms with Crippen LogP contribution in [0.2, 0.25) is 0 Å². The normalized spacial score (nSPS) is 14.1. The van der Waals surface area contributed by atoms with Crippen LogP contribution in [0.4, 0.5) is 0 Å². The van der Waals surface area contributed by atoms with Gasteiger partial charge in [0, 0.05) is 48.8 Å². The van der Waals surface area contributed by atoms with Crippen LogP contribution >= 0.6 is 0 Å². The molecule has 0 unspecified atom stereocenters. The summed E-state index contributed by atoms with van der Waals surface area (Å²) in [6, 6.07) is 19.6. The fourth-order valence-electron chi connectivity index (χ4n) is 3.72. The van der Waals surface area contributed by atoms with E-state index in [9.17, 15) is 5.11 Å². The molecule has 5 rings (SSSR count). The lowest BCUT2D eigenvalue weighted by Crippen LogP contribution is -2.31. The molecule has 0 saturated heterocycles. The Kier molecular flexibility index (Phi) is 4.22. The summed E-state index contributed by atoms with van der Waals surface area (Å²) < 4.78 is 0. The van der Waals surface area contributed by atoms with E-state index in [1.165, 1.54) is 5.56 Å². The van der Waals surface area contributed by atoms with Crippen molar-refractivity contribution in [3.05, 3.63) is 83.8 Å². The average molecular weight is 368 g/mol. The zero-order chi connectivity index (χ0) is 18.9. The van der Waals surface area contributed by atoms with Crippen LogP contribution in [0.25, 0.3) is 22.3 Å². The van der Waals surface area contributed by atoms with Gasteiger partial charge in [0.1, 0.15) is 11.3 Å². The highest BCUT2D eigenvalue weighted by atomic mass is 16.3. The number of phenolic OH excluding ortho intramolecular Hbond substituents is 1. The topological polar surface area (TPSA) is 62.1 Å². The van der Waals surface area contributed by atoms with Gasteiger partial charge in [-0.25, -0.2) is 15.0 Å². The SMILES string of the molecule is Oc1cccc2ccc(CN3CCc4nc(-c5ccccc5)ncc4C3)nc12. The molecule has 1 N–H and O–H groups in total. The molecular weight excluding hydrogens is 348 g/mol. The Morgan fingerprint density at radius 3 is 2.71 bits per heavy atom. The Morgan fingerprint density at radius 1 is 0.929 bits per heavy atom. The number of aromatic hydroxyl groups is 1. The summed E-state index contributed by atoms with van der Waals surface area (Å²) in [5.41, 5.74) is 4.98. The molecule has 0 spiro atoms. The van der Waals surface area contributed by atoms with Crippen molar-refractivity contribution in [2.75, 3.05) is 6.54 Å². The van der Waals surface area contributed by atoms with Crippen molar-refractivity contribution < 1.29 is 5.11 Å². The van der Waals surface area contributed by atoms with Gasteiger partial charge in [0.2, 0.25) is 0 Å². The number of hydrogen-bond donors (Lipinski definition) is 1. The first-order valence-electron chi connectivity index (χ1n) is 9.46. The molecule has 0 aliphatic carbocycles. The second-order valence-electron chi connectivity index (χ2n) is 7.14. The lowest BCUT2D eigenvalue weighted by atomic mass is 10.1. The van der Waals surface area contributed by atoms with Crippen molar-refractivity contribution in [2.45, 2.75) is 19.5 Å². The smallest absolute Gasteiger partial charge is 0.159 e. The highest BCUT2D eigenvalue weighted by Gasteiger charge is 2.19. The zero-order valence-corrected chi connectivity index (χ0v) is 15.4. The number of nitrogens with zero attached hydrogens (tertiary/aromatic N) is 4. The quantitative estimate of drug-likeness (QED) is 0.593. The molecule has 5 heteroatoms. The lowest BCUT2D eigenvalue weighted by Gasteiger charge is -2.27. The Labute approximate surface area is 163 Å². The van der Waals surface area contributed by atoms with Gasteiger partial charge in [-0.15, -0.1) is 0 Å². The van der Waals surface area contributed by atoms with Gasteiger partial charge >= 0.3 is 0 Å². The summed E-state index contributed by atoms with van der Waals surface area (Å²) in [7, 11) is 0. The minimum Gasteiger partial charge on any atom is -0.506 e. The second-order valence-corrected chi connectivity index (χ2v) is 7.14. The van der Waals surface area contributed by atoms with Crippen LogP contribution in [0.3, 0.4) is 0 Å². The van der Waals surface area contributed by atoms with E-state index >= 15 is 0 Å². The molecule has 0 radical (unpaired) electrons. The summed E-state index contributed by atoms with van der Waals surface area (Å²) in [6.45, 7) is 2.48. The molecule has 5 nitrogen and oxygen atoms in total. The Balaban J connectivity index is 1.35. The van der Waals surface area contributed by atoms with E-state index in [2.05, 4.69) is 14.9 Å². The molecule has 1 aliphatic rings. The number of benzene rings is 2. The standard InChI is InChI=1S/C23H20N4O/c28-21-8-4-7-16-9-10-19(25-22(16)21)15-27-12-11-20-18(14-27)13-24-23(26-20)17-5-2-1-3-6-17/h1-10,13,28H,11-12,14-15H2. The van der Waals surface area contributed by atoms with Crippen LogP contribution in [0.5, 0.6) is 5.75 Å². The number of aromatic nitrogens is 3. The Bertz CT molecular complexity index is 1140. The molecule has 4 aromatic rings. The van der Waals surface area contributed by atoms with Crippen LogP contribution in [0.1, 0.15) is 17.0 Å². The number of pyridine rings is 1. The van der Waals surface area contributed by atoms with E-state index in [4.69, 9.17) is 4.98 Å². The van der Waals surface area contributed by atoms with E-state index < -0.39 is 0 Å². The van der Waals surface area contributed by atoms with E-state index in [-0.39, 0.29) is 5.75 Å². The fraction of sp³-hybridized carbons (Fsp3) is 0.174. The van der Waals surface area contributed by atoms with Gasteiger partial charge in [-0.3, -0.25) is 4.90 Å². The number of fused-ring (bicyclic) bond motifs is 2. The highest BCUT2D eigenvalue weighted by Crippen LogP contribution is 2.25. The van der Waals surface area contributed by atoms with Crippen molar-refractivity contribution >= 4 is 10.9 Å². The van der Waals surface area contributed by atoms with Crippen LogP contribution in [-0.4, -0.2) is 31.5 Å². The van der Waals surface area contributed by atoms with Gasteiger partial charge in [-0.1, -0.05) is 48.5 Å². The molecule has 28 heavy (non-hydrogen) atoms. The van der Waals surface area contributed by atoms with Gasteiger partial charge in [-0.05, 0) is 12.1 Å². The molecule has 2 aromatic heterocycles. The highest BCUT2D eigenvalue weighted by molar-refractivity contribution is 5.84. The molecule has 1 aliphatic heterocycles. The summed E-state index contributed by atoms with van der Waals surface area (Å²) in [5, 5.41) is 11.0. The maximum absolute atomic E-state index is 10.1. The summed E-state index contributed by atoms with van der Waals surface area (Å²) in [5.74, 6) is 1.02. The third-order valence-corrected chi connectivity index (χ3v) is 5.19. The van der Waals surface area contributed by atoms with Gasteiger partial charge in [0.25, 0.3) is 0 Å². The van der Waals surface area contributed by atoms with Crippen LogP contribution in [-0.2, 0) is 19.5 Å². The van der Waals surface area contributed by atoms with Gasteiger partial charge in [0.05, 0.1) is 11.4 Å². The van der Waals surface area contributed by atoms with Crippen molar-refractivity contribution in [1.82, 2.24) is 19.9 Å². The third-order valence-electron chi connectivity index (χ3n) is 5.19. The first-order valence-corrected chi connectivity index (χ1v) is 9.46. The van der Waals surface area contributed by atoms with Gasteiger partial charge in [0.15, 0.2) is 5.82 Å². The monoisotopic (exact) mass is 368 g/mol. The largest absolute Gasteiger partial charge is 0.506 e. The average Bonchev–Trinajstić information content (AvgIpc) is 2.75. The number of para-hydroxylation sites is 1. The van der Waals surface area contributed by atoms with Crippen molar-refractivity contribution in [3.63, 3.8) is 0 Å². The first kappa shape index (κ1) is 16.8. The predicted molar refractivity (Wildman–Crippen MR) is 109 cm³/mol. The van der Waals surface area contributed by atoms with E-state index in [1.807, 2.05) is 60.8 Å². The van der Waals surface area contributed by atoms with Gasteiger partial charge in [-0.2, -0.15) is 0 Å². The summed E-state index contributed by atoms with van der Waals surface area (Å²) in [6.07, 6.45) is 2.85. The molecule has 2 aromatic carbocycles. The molecule has 0 fully saturated rings. The molecule has 138 valence electrons. The number of hydrogen-bond acceptors (Lipinski definition) is 5.